The van der Waals surface area contributed by atoms with Gasteiger partial charge in [-0.25, -0.2) is 4.39 Å². The number of carbonyl (C=O) groups excluding carboxylic acids is 1. The predicted octanol–water partition coefficient (Wildman–Crippen LogP) is 2.30. The van der Waals surface area contributed by atoms with Crippen molar-refractivity contribution >= 4 is 11.6 Å². The third-order valence-electron chi connectivity index (χ3n) is 3.03. The Hall–Kier alpha value is -1.42. The molecule has 17 heavy (non-hydrogen) atoms. The van der Waals surface area contributed by atoms with Crippen molar-refractivity contribution in [3.8, 4) is 0 Å². The van der Waals surface area contributed by atoms with Crippen LogP contribution in [0.3, 0.4) is 0 Å². The number of benzene rings is 1. The zero-order valence-corrected chi connectivity index (χ0v) is 9.71. The van der Waals surface area contributed by atoms with Crippen molar-refractivity contribution in [1.29, 1.82) is 0 Å². The minimum Gasteiger partial charge on any atom is -0.324 e. The molecule has 4 heteroatoms. The average Bonchev–Trinajstić information content (AvgIpc) is 2.82. The van der Waals surface area contributed by atoms with Gasteiger partial charge < -0.3 is 10.6 Å². The smallest absolute Gasteiger partial charge is 0.224 e. The molecule has 1 aliphatic heterocycles. The van der Waals surface area contributed by atoms with Gasteiger partial charge in [-0.15, -0.1) is 0 Å². The molecule has 1 amide bonds. The van der Waals surface area contributed by atoms with E-state index < -0.39 is 0 Å². The molecule has 1 saturated heterocycles. The van der Waals surface area contributed by atoms with E-state index in [1.165, 1.54) is 12.5 Å². The largest absolute Gasteiger partial charge is 0.324 e. The van der Waals surface area contributed by atoms with Crippen molar-refractivity contribution in [3.63, 3.8) is 0 Å². The summed E-state index contributed by atoms with van der Waals surface area (Å²) in [4.78, 5) is 11.6. The van der Waals surface area contributed by atoms with Crippen LogP contribution in [0.5, 0.6) is 0 Å². The first-order chi connectivity index (χ1) is 8.25. The summed E-state index contributed by atoms with van der Waals surface area (Å²) in [7, 11) is 0. The Morgan fingerprint density at radius 1 is 1.47 bits per heavy atom. The zero-order chi connectivity index (χ0) is 12.1. The van der Waals surface area contributed by atoms with Crippen LogP contribution in [0.15, 0.2) is 24.3 Å². The SMILES string of the molecule is O=C(CCC1CCCN1)Nc1ccccc1F. The van der Waals surface area contributed by atoms with Crippen LogP contribution in [-0.4, -0.2) is 18.5 Å². The summed E-state index contributed by atoms with van der Waals surface area (Å²) in [5, 5.41) is 5.93. The van der Waals surface area contributed by atoms with Gasteiger partial charge >= 0.3 is 0 Å². The average molecular weight is 236 g/mol. The molecule has 0 aromatic heterocycles. The summed E-state index contributed by atoms with van der Waals surface area (Å²) >= 11 is 0. The molecule has 3 nitrogen and oxygen atoms in total. The molecule has 92 valence electrons. The first-order valence-corrected chi connectivity index (χ1v) is 6.03. The monoisotopic (exact) mass is 236 g/mol. The van der Waals surface area contributed by atoms with E-state index in [1.807, 2.05) is 0 Å². The second-order valence-electron chi connectivity index (χ2n) is 4.36. The maximum Gasteiger partial charge on any atom is 0.224 e. The molecule has 2 rings (SSSR count). The number of carbonyl (C=O) groups is 1. The van der Waals surface area contributed by atoms with E-state index in [1.54, 1.807) is 18.2 Å². The van der Waals surface area contributed by atoms with Gasteiger partial charge in [0, 0.05) is 12.5 Å². The van der Waals surface area contributed by atoms with Crippen molar-refractivity contribution < 1.29 is 9.18 Å². The summed E-state index contributed by atoms with van der Waals surface area (Å²) in [6.45, 7) is 1.04. The fourth-order valence-electron chi connectivity index (χ4n) is 2.08. The fraction of sp³-hybridized carbons (Fsp3) is 0.462. The number of hydrogen-bond donors (Lipinski definition) is 2. The lowest BCUT2D eigenvalue weighted by molar-refractivity contribution is -0.116. The quantitative estimate of drug-likeness (QED) is 0.842. The minimum absolute atomic E-state index is 0.121. The van der Waals surface area contributed by atoms with E-state index in [9.17, 15) is 9.18 Å². The summed E-state index contributed by atoms with van der Waals surface area (Å²) in [6.07, 6.45) is 3.57. The Kier molecular flexibility index (Phi) is 4.09. The van der Waals surface area contributed by atoms with Crippen LogP contribution in [0.2, 0.25) is 0 Å². The van der Waals surface area contributed by atoms with E-state index in [0.29, 0.717) is 12.5 Å². The molecule has 1 aromatic rings. The lowest BCUT2D eigenvalue weighted by Gasteiger charge is -2.10. The van der Waals surface area contributed by atoms with Gasteiger partial charge in [0.25, 0.3) is 0 Å². The van der Waals surface area contributed by atoms with Crippen molar-refractivity contribution in [2.75, 3.05) is 11.9 Å². The van der Waals surface area contributed by atoms with Gasteiger partial charge in [0.05, 0.1) is 5.69 Å². The van der Waals surface area contributed by atoms with Crippen LogP contribution < -0.4 is 10.6 Å². The maximum atomic E-state index is 13.3. The number of amides is 1. The molecule has 1 aliphatic rings. The van der Waals surface area contributed by atoms with Crippen molar-refractivity contribution in [1.82, 2.24) is 5.32 Å². The number of halogens is 1. The lowest BCUT2D eigenvalue weighted by atomic mass is 10.1. The molecule has 1 unspecified atom stereocenters. The maximum absolute atomic E-state index is 13.3. The fourth-order valence-corrected chi connectivity index (χ4v) is 2.08. The highest BCUT2D eigenvalue weighted by atomic mass is 19.1. The van der Waals surface area contributed by atoms with Crippen LogP contribution in [0, 0.1) is 5.82 Å². The van der Waals surface area contributed by atoms with Gasteiger partial charge in [0.15, 0.2) is 0 Å². The minimum atomic E-state index is -0.389. The van der Waals surface area contributed by atoms with Crippen LogP contribution in [0.1, 0.15) is 25.7 Å². The van der Waals surface area contributed by atoms with Crippen LogP contribution in [0.25, 0.3) is 0 Å². The van der Waals surface area contributed by atoms with Crippen LogP contribution in [0.4, 0.5) is 10.1 Å². The van der Waals surface area contributed by atoms with E-state index in [0.717, 1.165) is 19.4 Å². The molecule has 0 radical (unpaired) electrons. The van der Waals surface area contributed by atoms with Gasteiger partial charge in [0.2, 0.25) is 5.91 Å². The number of rotatable bonds is 4. The van der Waals surface area contributed by atoms with Gasteiger partial charge in [-0.2, -0.15) is 0 Å². The van der Waals surface area contributed by atoms with Gasteiger partial charge in [0.1, 0.15) is 5.82 Å². The third kappa shape index (κ3) is 3.53. The predicted molar refractivity (Wildman–Crippen MR) is 65.3 cm³/mol. The highest BCUT2D eigenvalue weighted by Crippen LogP contribution is 2.14. The standard InChI is InChI=1S/C13H17FN2O/c14-11-5-1-2-6-12(11)16-13(17)8-7-10-4-3-9-15-10/h1-2,5-6,10,15H,3-4,7-9H2,(H,16,17). The molecule has 2 N–H and O–H groups in total. The molecule has 1 atom stereocenters. The Morgan fingerprint density at radius 2 is 2.29 bits per heavy atom. The number of para-hydroxylation sites is 1. The zero-order valence-electron chi connectivity index (χ0n) is 9.71. The topological polar surface area (TPSA) is 41.1 Å². The van der Waals surface area contributed by atoms with Gasteiger partial charge in [-0.1, -0.05) is 12.1 Å². The molecule has 0 saturated carbocycles. The molecule has 1 heterocycles. The van der Waals surface area contributed by atoms with Gasteiger partial charge in [-0.05, 0) is 37.9 Å². The highest BCUT2D eigenvalue weighted by Gasteiger charge is 2.15. The molecular formula is C13H17FN2O. The molecule has 1 aromatic carbocycles. The Balaban J connectivity index is 1.79. The van der Waals surface area contributed by atoms with Crippen molar-refractivity contribution in [2.24, 2.45) is 0 Å². The molecular weight excluding hydrogens is 219 g/mol. The Labute approximate surface area is 100 Å². The summed E-state index contributed by atoms with van der Waals surface area (Å²) in [6, 6.07) is 6.67. The highest BCUT2D eigenvalue weighted by molar-refractivity contribution is 5.90. The number of nitrogens with one attached hydrogen (secondary N) is 2. The number of hydrogen-bond acceptors (Lipinski definition) is 2. The van der Waals surface area contributed by atoms with E-state index in [-0.39, 0.29) is 17.4 Å². The second-order valence-corrected chi connectivity index (χ2v) is 4.36. The second kappa shape index (κ2) is 5.77. The number of anilines is 1. The third-order valence-corrected chi connectivity index (χ3v) is 3.03. The summed E-state index contributed by atoms with van der Waals surface area (Å²) in [5.74, 6) is -0.511. The van der Waals surface area contributed by atoms with Gasteiger partial charge in [-0.3, -0.25) is 4.79 Å². The molecule has 0 bridgehead atoms. The molecule has 0 aliphatic carbocycles. The van der Waals surface area contributed by atoms with E-state index >= 15 is 0 Å². The Bertz CT molecular complexity index is 389. The van der Waals surface area contributed by atoms with Crippen molar-refractivity contribution in [3.05, 3.63) is 30.1 Å². The summed E-state index contributed by atoms with van der Waals surface area (Å²) in [5.41, 5.74) is 0.261. The lowest BCUT2D eigenvalue weighted by Crippen LogP contribution is -2.23. The first-order valence-electron chi connectivity index (χ1n) is 6.03. The van der Waals surface area contributed by atoms with E-state index in [2.05, 4.69) is 10.6 Å². The molecule has 1 fully saturated rings. The normalized spacial score (nSPS) is 19.2. The Morgan fingerprint density at radius 3 is 3.00 bits per heavy atom. The van der Waals surface area contributed by atoms with Crippen LogP contribution >= 0.6 is 0 Å². The van der Waals surface area contributed by atoms with Crippen molar-refractivity contribution in [2.45, 2.75) is 31.7 Å². The summed E-state index contributed by atoms with van der Waals surface area (Å²) < 4.78 is 13.3. The molecule has 0 spiro atoms. The van der Waals surface area contributed by atoms with E-state index in [4.69, 9.17) is 0 Å². The first kappa shape index (κ1) is 12.0. The van der Waals surface area contributed by atoms with Crippen LogP contribution in [-0.2, 0) is 4.79 Å².